The van der Waals surface area contributed by atoms with Crippen LogP contribution < -0.4 is 4.31 Å². The molecule has 0 saturated carbocycles. The van der Waals surface area contributed by atoms with Crippen LogP contribution in [0.4, 0.5) is 5.69 Å². The Balaban J connectivity index is 1.69. The zero-order valence-corrected chi connectivity index (χ0v) is 18.9. The Morgan fingerprint density at radius 3 is 2.81 bits per heavy atom. The summed E-state index contributed by atoms with van der Waals surface area (Å²) in [6.45, 7) is 7.72. The maximum Gasteiger partial charge on any atom is 0.272 e. The molecule has 2 heterocycles. The quantitative estimate of drug-likeness (QED) is 0.551. The first-order chi connectivity index (χ1) is 14.9. The van der Waals surface area contributed by atoms with Crippen molar-refractivity contribution in [3.8, 4) is 0 Å². The van der Waals surface area contributed by atoms with Gasteiger partial charge in [-0.1, -0.05) is 32.0 Å². The first-order valence-corrected chi connectivity index (χ1v) is 12.0. The molecule has 0 radical (unpaired) electrons. The minimum Gasteiger partial charge on any atom is -0.501 e. The third kappa shape index (κ3) is 4.40. The molecule has 1 aliphatic heterocycles. The van der Waals surface area contributed by atoms with Crippen LogP contribution in [-0.4, -0.2) is 31.3 Å². The molecular weight excluding hydrogens is 410 g/mol. The van der Waals surface area contributed by atoms with E-state index in [0.717, 1.165) is 22.9 Å². The van der Waals surface area contributed by atoms with E-state index in [1.807, 2.05) is 55.8 Å². The molecule has 1 aromatic heterocycles. The Hall–Kier alpha value is -2.98. The summed E-state index contributed by atoms with van der Waals surface area (Å²) in [7, 11) is -3.80. The predicted molar refractivity (Wildman–Crippen MR) is 121 cm³/mol. The molecule has 1 aliphatic rings. The number of anilines is 1. The molecule has 1 unspecified atom stereocenters. The standard InChI is InChI=1S/C24H27N3O3S/c1-18(2)16-27(23-7-5-4-6-19(23)3)31(28,29)22-8-9-24-21(14-22)15-25-26(24)17-20-10-12-30-13-11-20/h4-7,10,12,14-15,18,20H,11,13,16-17H2,1-3H3. The normalized spacial score (nSPS) is 16.3. The van der Waals surface area contributed by atoms with Gasteiger partial charge in [-0.2, -0.15) is 5.10 Å². The SMILES string of the molecule is Cc1ccccc1N(CC(C)C)S(=O)(=O)c1c#cc2c(cnn2CC2C=COCC2)c1. The minimum atomic E-state index is -3.80. The first kappa shape index (κ1) is 21.3. The van der Waals surface area contributed by atoms with Crippen molar-refractivity contribution in [2.75, 3.05) is 17.5 Å². The molecule has 0 saturated heterocycles. The number of sulfonamides is 1. The summed E-state index contributed by atoms with van der Waals surface area (Å²) in [5.74, 6) is 0.494. The Morgan fingerprint density at radius 2 is 2.10 bits per heavy atom. The zero-order chi connectivity index (χ0) is 22.0. The number of hydrogen-bond acceptors (Lipinski definition) is 4. The van der Waals surface area contributed by atoms with Crippen LogP contribution in [0, 0.1) is 30.9 Å². The van der Waals surface area contributed by atoms with Crippen molar-refractivity contribution in [1.82, 2.24) is 9.78 Å². The fourth-order valence-corrected chi connectivity index (χ4v) is 5.41. The van der Waals surface area contributed by atoms with E-state index in [0.29, 0.717) is 31.3 Å². The van der Waals surface area contributed by atoms with Crippen molar-refractivity contribution < 1.29 is 13.2 Å². The van der Waals surface area contributed by atoms with Gasteiger partial charge in [0.1, 0.15) is 10.4 Å². The molecule has 6 nitrogen and oxygen atoms in total. The van der Waals surface area contributed by atoms with Crippen LogP contribution in [0.15, 0.2) is 53.8 Å². The zero-order valence-electron chi connectivity index (χ0n) is 18.1. The van der Waals surface area contributed by atoms with Crippen LogP contribution in [0.3, 0.4) is 0 Å². The Kier molecular flexibility index (Phi) is 5.92. The lowest BCUT2D eigenvalue weighted by Crippen LogP contribution is -2.34. The number of allylic oxidation sites excluding steroid dienone is 1. The van der Waals surface area contributed by atoms with Gasteiger partial charge in [-0.15, -0.1) is 0 Å². The van der Waals surface area contributed by atoms with Crippen LogP contribution in [0.1, 0.15) is 25.8 Å². The summed E-state index contributed by atoms with van der Waals surface area (Å²) in [6.07, 6.45) is 6.39. The highest BCUT2D eigenvalue weighted by Crippen LogP contribution is 2.28. The maximum absolute atomic E-state index is 13.6. The van der Waals surface area contributed by atoms with Crippen LogP contribution in [0.5, 0.6) is 0 Å². The number of hydrogen-bond donors (Lipinski definition) is 0. The lowest BCUT2D eigenvalue weighted by Gasteiger charge is -2.27. The second kappa shape index (κ2) is 8.64. The molecule has 7 heteroatoms. The predicted octanol–water partition coefficient (Wildman–Crippen LogP) is 4.35. The van der Waals surface area contributed by atoms with Crippen molar-refractivity contribution in [2.24, 2.45) is 11.8 Å². The van der Waals surface area contributed by atoms with E-state index < -0.39 is 10.0 Å². The average molecular weight is 438 g/mol. The van der Waals surface area contributed by atoms with Crippen molar-refractivity contribution in [1.29, 1.82) is 0 Å². The van der Waals surface area contributed by atoms with E-state index in [4.69, 9.17) is 4.74 Å². The highest BCUT2D eigenvalue weighted by molar-refractivity contribution is 7.92. The van der Waals surface area contributed by atoms with E-state index >= 15 is 0 Å². The third-order valence-electron chi connectivity index (χ3n) is 5.40. The van der Waals surface area contributed by atoms with Gasteiger partial charge in [0.2, 0.25) is 0 Å². The van der Waals surface area contributed by atoms with E-state index in [9.17, 15) is 8.42 Å². The average Bonchev–Trinajstić information content (AvgIpc) is 3.15. The third-order valence-corrected chi connectivity index (χ3v) is 7.10. The number of aromatic nitrogens is 2. The summed E-state index contributed by atoms with van der Waals surface area (Å²) in [5, 5.41) is 5.20. The first-order valence-electron chi connectivity index (χ1n) is 10.5. The molecule has 162 valence electrons. The summed E-state index contributed by atoms with van der Waals surface area (Å²) in [5.41, 5.74) is 2.35. The number of rotatable bonds is 7. The van der Waals surface area contributed by atoms with E-state index in [2.05, 4.69) is 17.2 Å². The molecule has 31 heavy (non-hydrogen) atoms. The molecule has 0 aliphatic carbocycles. The van der Waals surface area contributed by atoms with Gasteiger partial charge in [0, 0.05) is 24.4 Å². The van der Waals surface area contributed by atoms with E-state index in [-0.39, 0.29) is 10.8 Å². The van der Waals surface area contributed by atoms with Crippen LogP contribution in [0.25, 0.3) is 10.9 Å². The van der Waals surface area contributed by atoms with Gasteiger partial charge in [0.25, 0.3) is 10.0 Å². The van der Waals surface area contributed by atoms with Gasteiger partial charge in [-0.05, 0) is 55.2 Å². The lowest BCUT2D eigenvalue weighted by molar-refractivity contribution is 0.201. The number of para-hydroxylation sites is 1. The van der Waals surface area contributed by atoms with Gasteiger partial charge in [-0.25, -0.2) is 8.42 Å². The second-order valence-corrected chi connectivity index (χ2v) is 10.2. The molecule has 0 fully saturated rings. The molecular formula is C24H27N3O3S. The molecule has 0 N–H and O–H groups in total. The van der Waals surface area contributed by atoms with Crippen LogP contribution >= 0.6 is 0 Å². The summed E-state index contributed by atoms with van der Waals surface area (Å²) in [6, 6.07) is 15.1. The fourth-order valence-electron chi connectivity index (χ4n) is 3.76. The monoisotopic (exact) mass is 437 g/mol. The Labute approximate surface area is 184 Å². The summed E-state index contributed by atoms with van der Waals surface area (Å²) < 4.78 is 35.8. The smallest absolute Gasteiger partial charge is 0.272 e. The lowest BCUT2D eigenvalue weighted by atomic mass is 10.1. The summed E-state index contributed by atoms with van der Waals surface area (Å²) >= 11 is 0. The van der Waals surface area contributed by atoms with Crippen molar-refractivity contribution in [3.63, 3.8) is 0 Å². The van der Waals surface area contributed by atoms with Gasteiger partial charge in [-0.3, -0.25) is 8.99 Å². The molecule has 1 atom stereocenters. The number of fused-ring (bicyclic) bond motifs is 1. The van der Waals surface area contributed by atoms with Crippen LogP contribution in [0.2, 0.25) is 0 Å². The minimum absolute atomic E-state index is 0.106. The number of benzene rings is 1. The topological polar surface area (TPSA) is 64.4 Å². The molecule has 0 spiro atoms. The van der Waals surface area contributed by atoms with Gasteiger partial charge in [0.05, 0.1) is 24.8 Å². The van der Waals surface area contributed by atoms with Crippen LogP contribution in [-0.2, 0) is 21.3 Å². The number of nitrogens with zero attached hydrogens (tertiary/aromatic N) is 3. The molecule has 3 aromatic rings. The Bertz CT molecular complexity index is 1200. The van der Waals surface area contributed by atoms with Crippen molar-refractivity contribution in [2.45, 2.75) is 38.6 Å². The van der Waals surface area contributed by atoms with E-state index in [1.165, 1.54) is 4.31 Å². The van der Waals surface area contributed by atoms with Gasteiger partial charge >= 0.3 is 0 Å². The highest BCUT2D eigenvalue weighted by Gasteiger charge is 2.27. The highest BCUT2D eigenvalue weighted by atomic mass is 32.2. The van der Waals surface area contributed by atoms with Crippen molar-refractivity contribution >= 4 is 26.6 Å². The van der Waals surface area contributed by atoms with E-state index in [1.54, 1.807) is 18.5 Å². The molecule has 0 bridgehead atoms. The number of ether oxygens (including phenoxy) is 1. The molecule has 2 aromatic carbocycles. The molecule has 0 amide bonds. The maximum atomic E-state index is 13.6. The van der Waals surface area contributed by atoms with Crippen molar-refractivity contribution in [3.05, 3.63) is 66.6 Å². The summed E-state index contributed by atoms with van der Waals surface area (Å²) in [4.78, 5) is 0.106. The second-order valence-electron chi connectivity index (χ2n) is 8.35. The Morgan fingerprint density at radius 1 is 1.29 bits per heavy atom. The molecule has 4 rings (SSSR count). The van der Waals surface area contributed by atoms with Gasteiger partial charge < -0.3 is 4.74 Å². The largest absolute Gasteiger partial charge is 0.501 e. The fraction of sp³-hybridized carbons (Fsp3) is 0.375. The number of aryl methyl sites for hydroxylation is 1. The van der Waals surface area contributed by atoms with Gasteiger partial charge in [0.15, 0.2) is 0 Å².